The van der Waals surface area contributed by atoms with Crippen molar-refractivity contribution in [3.8, 4) is 0 Å². The van der Waals surface area contributed by atoms with Crippen molar-refractivity contribution >= 4 is 11.9 Å². The van der Waals surface area contributed by atoms with E-state index in [0.29, 0.717) is 19.6 Å². The molecule has 6 heteroatoms. The van der Waals surface area contributed by atoms with Gasteiger partial charge in [0.1, 0.15) is 12.1 Å². The first-order chi connectivity index (χ1) is 17.1. The highest BCUT2D eigenvalue weighted by Gasteiger charge is 2.53. The minimum Gasteiger partial charge on any atom is -0.469 e. The van der Waals surface area contributed by atoms with Crippen LogP contribution in [0.25, 0.3) is 0 Å². The third-order valence-corrected chi connectivity index (χ3v) is 6.49. The molecular formula is C29H31NO5. The number of ether oxygens (including phenoxy) is 3. The van der Waals surface area contributed by atoms with Crippen LogP contribution in [0.4, 0.5) is 0 Å². The maximum Gasteiger partial charge on any atom is 0.327 e. The number of methoxy groups -OCH3 is 1. The fraction of sp³-hybridized carbons (Fsp3) is 0.310. The number of benzene rings is 3. The third-order valence-electron chi connectivity index (χ3n) is 6.49. The Hall–Kier alpha value is -3.48. The lowest BCUT2D eigenvalue weighted by atomic mass is 9.84. The van der Waals surface area contributed by atoms with Gasteiger partial charge in [0, 0.05) is 19.6 Å². The lowest BCUT2D eigenvalue weighted by Gasteiger charge is -2.49. The van der Waals surface area contributed by atoms with Crippen molar-refractivity contribution in [3.63, 3.8) is 0 Å². The molecule has 0 N–H and O–H groups in total. The lowest BCUT2D eigenvalue weighted by Crippen LogP contribution is -2.62. The minimum absolute atomic E-state index is 0.118. The van der Waals surface area contributed by atoms with Gasteiger partial charge in [-0.3, -0.25) is 14.5 Å². The number of carbonyl (C=O) groups excluding carboxylic acids is 2. The molecule has 0 spiro atoms. The molecule has 0 aliphatic carbocycles. The Morgan fingerprint density at radius 1 is 0.943 bits per heavy atom. The standard InChI is InChI=1S/C29H31NO5/c1-33-27(31)19-29(17-18-34-21-24-13-7-3-8-14-24)28(32)35-22-26(25-15-9-4-10-16-25)30(29)20-23-11-5-2-6-12-23/h2-16,26H,17-22H2,1H3/t26-,29+/m0/s1. The van der Waals surface area contributed by atoms with Crippen molar-refractivity contribution in [1.29, 1.82) is 0 Å². The predicted molar refractivity (Wildman–Crippen MR) is 132 cm³/mol. The zero-order valence-electron chi connectivity index (χ0n) is 20.0. The highest BCUT2D eigenvalue weighted by molar-refractivity contribution is 5.87. The average molecular weight is 474 g/mol. The molecule has 4 rings (SSSR count). The monoisotopic (exact) mass is 473 g/mol. The van der Waals surface area contributed by atoms with Gasteiger partial charge in [-0.1, -0.05) is 91.0 Å². The van der Waals surface area contributed by atoms with E-state index >= 15 is 0 Å². The van der Waals surface area contributed by atoms with Crippen LogP contribution in [0.2, 0.25) is 0 Å². The number of hydrogen-bond acceptors (Lipinski definition) is 6. The molecule has 1 fully saturated rings. The second kappa shape index (κ2) is 11.8. The largest absolute Gasteiger partial charge is 0.469 e. The van der Waals surface area contributed by atoms with Crippen molar-refractivity contribution in [3.05, 3.63) is 108 Å². The van der Waals surface area contributed by atoms with Crippen molar-refractivity contribution < 1.29 is 23.8 Å². The average Bonchev–Trinajstić information content (AvgIpc) is 2.91. The molecule has 35 heavy (non-hydrogen) atoms. The predicted octanol–water partition coefficient (Wildman–Crippen LogP) is 4.70. The molecule has 2 atom stereocenters. The molecule has 1 aliphatic rings. The number of cyclic esters (lactones) is 1. The first-order valence-corrected chi connectivity index (χ1v) is 11.8. The molecule has 6 nitrogen and oxygen atoms in total. The maximum absolute atomic E-state index is 13.5. The second-order valence-corrected chi connectivity index (χ2v) is 8.71. The van der Waals surface area contributed by atoms with Crippen LogP contribution in [0.1, 0.15) is 35.6 Å². The van der Waals surface area contributed by atoms with Crippen LogP contribution in [-0.2, 0) is 37.0 Å². The molecule has 3 aromatic carbocycles. The molecule has 0 amide bonds. The van der Waals surface area contributed by atoms with Gasteiger partial charge in [-0.05, 0) is 16.7 Å². The third kappa shape index (κ3) is 5.96. The van der Waals surface area contributed by atoms with Crippen LogP contribution in [0.5, 0.6) is 0 Å². The van der Waals surface area contributed by atoms with Crippen LogP contribution in [0.15, 0.2) is 91.0 Å². The van der Waals surface area contributed by atoms with Gasteiger partial charge >= 0.3 is 11.9 Å². The number of rotatable bonds is 10. The van der Waals surface area contributed by atoms with Crippen molar-refractivity contribution in [2.75, 3.05) is 20.3 Å². The van der Waals surface area contributed by atoms with Gasteiger partial charge < -0.3 is 14.2 Å². The van der Waals surface area contributed by atoms with Crippen molar-refractivity contribution in [2.45, 2.75) is 37.6 Å². The summed E-state index contributed by atoms with van der Waals surface area (Å²) in [6.45, 7) is 1.40. The van der Waals surface area contributed by atoms with E-state index in [1.807, 2.05) is 91.0 Å². The van der Waals surface area contributed by atoms with E-state index in [9.17, 15) is 9.59 Å². The van der Waals surface area contributed by atoms with E-state index in [0.717, 1.165) is 16.7 Å². The molecule has 3 aromatic rings. The summed E-state index contributed by atoms with van der Waals surface area (Å²) in [6, 6.07) is 29.5. The van der Waals surface area contributed by atoms with Gasteiger partial charge in [0.05, 0.1) is 26.2 Å². The minimum atomic E-state index is -1.22. The SMILES string of the molecule is COC(=O)C[C@]1(CCOCc2ccccc2)C(=O)OC[C@@H](c2ccccc2)N1Cc1ccccc1. The van der Waals surface area contributed by atoms with Crippen LogP contribution in [-0.4, -0.2) is 42.7 Å². The Morgan fingerprint density at radius 2 is 1.54 bits per heavy atom. The van der Waals surface area contributed by atoms with E-state index in [-0.39, 0.29) is 25.7 Å². The fourth-order valence-electron chi connectivity index (χ4n) is 4.61. The molecule has 0 radical (unpaired) electrons. The summed E-state index contributed by atoms with van der Waals surface area (Å²) >= 11 is 0. The highest BCUT2D eigenvalue weighted by Crippen LogP contribution is 2.40. The normalized spacial score (nSPS) is 20.3. The van der Waals surface area contributed by atoms with Gasteiger partial charge in [0.25, 0.3) is 0 Å². The molecule has 0 unspecified atom stereocenters. The van der Waals surface area contributed by atoms with E-state index in [1.165, 1.54) is 7.11 Å². The van der Waals surface area contributed by atoms with E-state index < -0.39 is 17.5 Å². The quantitative estimate of drug-likeness (QED) is 0.314. The molecule has 0 saturated carbocycles. The zero-order valence-corrected chi connectivity index (χ0v) is 20.0. The number of nitrogens with zero attached hydrogens (tertiary/aromatic N) is 1. The molecule has 0 aromatic heterocycles. The van der Waals surface area contributed by atoms with Gasteiger partial charge in [-0.25, -0.2) is 0 Å². The van der Waals surface area contributed by atoms with Gasteiger partial charge in [-0.15, -0.1) is 0 Å². The summed E-state index contributed by atoms with van der Waals surface area (Å²) in [5.41, 5.74) is 1.89. The van der Waals surface area contributed by atoms with E-state index in [2.05, 4.69) is 4.90 Å². The Labute approximate surface area is 206 Å². The van der Waals surface area contributed by atoms with Crippen molar-refractivity contribution in [2.24, 2.45) is 0 Å². The maximum atomic E-state index is 13.5. The topological polar surface area (TPSA) is 65.1 Å². The number of hydrogen-bond donors (Lipinski definition) is 0. The Bertz CT molecular complexity index is 1090. The summed E-state index contributed by atoms with van der Waals surface area (Å²) in [7, 11) is 1.34. The summed E-state index contributed by atoms with van der Waals surface area (Å²) in [5, 5.41) is 0. The first kappa shape index (κ1) is 24.6. The van der Waals surface area contributed by atoms with E-state index in [1.54, 1.807) is 0 Å². The molecule has 182 valence electrons. The zero-order chi connectivity index (χ0) is 24.5. The van der Waals surface area contributed by atoms with Crippen LogP contribution < -0.4 is 0 Å². The lowest BCUT2D eigenvalue weighted by molar-refractivity contribution is -0.185. The molecule has 1 aliphatic heterocycles. The van der Waals surface area contributed by atoms with Gasteiger partial charge in [-0.2, -0.15) is 0 Å². The smallest absolute Gasteiger partial charge is 0.327 e. The fourth-order valence-corrected chi connectivity index (χ4v) is 4.61. The summed E-state index contributed by atoms with van der Waals surface area (Å²) in [4.78, 5) is 28.2. The van der Waals surface area contributed by atoms with Gasteiger partial charge in [0.15, 0.2) is 0 Å². The number of morpholine rings is 1. The Kier molecular flexibility index (Phi) is 8.29. The summed E-state index contributed by atoms with van der Waals surface area (Å²) in [6.07, 6.45) is 0.178. The first-order valence-electron chi connectivity index (χ1n) is 11.8. The summed E-state index contributed by atoms with van der Waals surface area (Å²) < 4.78 is 16.7. The molecule has 0 bridgehead atoms. The Morgan fingerprint density at radius 3 is 2.17 bits per heavy atom. The van der Waals surface area contributed by atoms with Crippen molar-refractivity contribution in [1.82, 2.24) is 4.90 Å². The number of carbonyl (C=O) groups is 2. The molecule has 1 heterocycles. The molecular weight excluding hydrogens is 442 g/mol. The second-order valence-electron chi connectivity index (χ2n) is 8.71. The molecule has 1 saturated heterocycles. The Balaban J connectivity index is 1.66. The van der Waals surface area contributed by atoms with Gasteiger partial charge in [0.2, 0.25) is 0 Å². The van der Waals surface area contributed by atoms with E-state index in [4.69, 9.17) is 14.2 Å². The van der Waals surface area contributed by atoms with Crippen LogP contribution >= 0.6 is 0 Å². The van der Waals surface area contributed by atoms with Crippen LogP contribution in [0, 0.1) is 0 Å². The summed E-state index contributed by atoms with van der Waals surface area (Å²) in [5.74, 6) is -0.883. The highest BCUT2D eigenvalue weighted by atomic mass is 16.5. The number of esters is 2. The van der Waals surface area contributed by atoms with Crippen LogP contribution in [0.3, 0.4) is 0 Å².